The number of allylic oxidation sites excluding steroid dienone is 2. The Labute approximate surface area is 349 Å². The Kier molecular flexibility index (Phi) is 15.3. The first-order chi connectivity index (χ1) is 23.6. The number of nitriles is 1. The number of hydrogen-bond donors (Lipinski definition) is 3. The van der Waals surface area contributed by atoms with E-state index in [4.69, 9.17) is 11.8 Å². The summed E-state index contributed by atoms with van der Waals surface area (Å²) in [5.74, 6) is 7.81. The van der Waals surface area contributed by atoms with Crippen molar-refractivity contribution in [2.75, 3.05) is 0 Å². The molecule has 8 rings (SSSR count). The fraction of sp³-hybridized carbons (Fsp3) is 0.864. The molecule has 0 heterocycles. The molecule has 292 valence electrons. The molecule has 7 nitrogen and oxygen atoms in total. The van der Waals surface area contributed by atoms with Crippen molar-refractivity contribution >= 4 is 24.0 Å². The summed E-state index contributed by atoms with van der Waals surface area (Å²) in [5.41, 5.74) is 0.444. The topological polar surface area (TPSA) is 157 Å². The molecule has 7 saturated carbocycles. The van der Waals surface area contributed by atoms with Crippen molar-refractivity contribution in [3.8, 4) is 6.07 Å². The van der Waals surface area contributed by atoms with E-state index in [9.17, 15) is 25.1 Å². The van der Waals surface area contributed by atoms with Crippen LogP contribution in [0.1, 0.15) is 144 Å². The normalized spacial score (nSPS) is 48.5. The van der Waals surface area contributed by atoms with Crippen molar-refractivity contribution in [3.05, 3.63) is 18.2 Å². The van der Waals surface area contributed by atoms with Gasteiger partial charge >= 0.3 is 29.6 Å². The Morgan fingerprint density at radius 3 is 1.68 bits per heavy atom. The predicted octanol–water partition coefficient (Wildman–Crippen LogP) is 6.54. The van der Waals surface area contributed by atoms with Crippen molar-refractivity contribution in [1.82, 2.24) is 6.15 Å². The van der Waals surface area contributed by atoms with E-state index in [0.717, 1.165) is 86.0 Å². The van der Waals surface area contributed by atoms with Crippen molar-refractivity contribution in [2.24, 2.45) is 81.8 Å². The molecule has 0 aromatic carbocycles. The van der Waals surface area contributed by atoms with Gasteiger partial charge in [0.15, 0.2) is 5.78 Å². The standard InChI is InChI=1S/C22H33NO2.C21H32O2.CN.ClH.H3N.Na/c1-13(24)20-15(12-23)10-19-18-5-4-14-11-21(2,25)8-6-16(14)17(18)7-9-22(19,20)3;1-13(22)18-6-7-19-17-5-4-14-12-20(2,23)10-8-15(14)16(17)9-11-21(18,19)3;1-2;;;/h14-20,25H,4-11H2,1-3H3;6,14-17,19,23H,4-5,7-12H2,1-3H3;;1H;1H3;/q;;-1;;;+1/t14-,15+,16+,17-,18-,19+,20+,21-,22+;14-,15+,16-,17-,19+,20-,21-;;;;/m11..../s1. The van der Waals surface area contributed by atoms with E-state index in [1.54, 1.807) is 13.8 Å². The molecule has 0 bridgehead atoms. The van der Waals surface area contributed by atoms with E-state index >= 15 is 0 Å². The molecular formula is C44H69ClN3NaO4. The summed E-state index contributed by atoms with van der Waals surface area (Å²) >= 11 is 0. The minimum atomic E-state index is -0.462. The monoisotopic (exact) mass is 761 g/mol. The second-order valence-electron chi connectivity index (χ2n) is 19.8. The smallest absolute Gasteiger partial charge is 0.512 e. The third-order valence-electron chi connectivity index (χ3n) is 17.1. The van der Waals surface area contributed by atoms with Gasteiger partial charge in [0.05, 0.1) is 23.2 Å². The molecule has 0 aromatic heterocycles. The first-order valence-corrected chi connectivity index (χ1v) is 20.4. The molecule has 0 unspecified atom stereocenters. The zero-order chi connectivity index (χ0) is 36.4. The maximum atomic E-state index is 12.4. The average molecular weight is 762 g/mol. The van der Waals surface area contributed by atoms with E-state index in [1.807, 2.05) is 13.8 Å². The summed E-state index contributed by atoms with van der Waals surface area (Å²) in [6.45, 7) is 16.9. The molecule has 7 fully saturated rings. The Morgan fingerprint density at radius 1 is 0.736 bits per heavy atom. The summed E-state index contributed by atoms with van der Waals surface area (Å²) in [6.07, 6.45) is 20.6. The number of hydrogen-bond acceptors (Lipinski definition) is 7. The zero-order valence-corrected chi connectivity index (χ0v) is 36.9. The van der Waals surface area contributed by atoms with Crippen LogP contribution >= 0.6 is 12.4 Å². The molecule has 0 radical (unpaired) electrons. The van der Waals surface area contributed by atoms with Crippen LogP contribution in [0.5, 0.6) is 0 Å². The van der Waals surface area contributed by atoms with Crippen LogP contribution < -0.4 is 35.7 Å². The Hall–Kier alpha value is -0.770. The molecule has 8 aliphatic rings. The van der Waals surface area contributed by atoms with E-state index < -0.39 is 11.2 Å². The van der Waals surface area contributed by atoms with Crippen LogP contribution in [0.2, 0.25) is 0 Å². The number of rotatable bonds is 2. The second-order valence-corrected chi connectivity index (χ2v) is 19.8. The summed E-state index contributed by atoms with van der Waals surface area (Å²) in [6, 6.07) is 2.49. The number of carbonyl (C=O) groups is 2. The van der Waals surface area contributed by atoms with Gasteiger partial charge < -0.3 is 28.2 Å². The van der Waals surface area contributed by atoms with Crippen LogP contribution in [0, 0.1) is 105 Å². The quantitative estimate of drug-likeness (QED) is 0.213. The molecule has 0 amide bonds. The van der Waals surface area contributed by atoms with E-state index in [2.05, 4.69) is 26.0 Å². The van der Waals surface area contributed by atoms with Crippen molar-refractivity contribution in [2.45, 2.75) is 155 Å². The molecular weight excluding hydrogens is 693 g/mol. The number of ketones is 2. The third-order valence-corrected chi connectivity index (χ3v) is 17.1. The SMILES string of the molecule is CC(=O)C1=CC[C@H]2[C@@H]3CC[C@@H]4C[C@](C)(O)CC[C@@H]4[C@H]3CC[C@]12C.CC(=O)[C@H]1[C@H](C#N)C[C@H]2[C@@H]3CC[C@@H]4C[C@](C)(O)CC[C@@H]4[C@H]3CC[C@@]21C.Cl.N.[C-]#N.[Na+]. The minimum Gasteiger partial charge on any atom is -0.512 e. The van der Waals surface area contributed by atoms with Crippen molar-refractivity contribution in [1.29, 1.82) is 10.5 Å². The zero-order valence-electron chi connectivity index (χ0n) is 34.0. The van der Waals surface area contributed by atoms with Crippen LogP contribution in [-0.4, -0.2) is 33.0 Å². The van der Waals surface area contributed by atoms with E-state index in [-0.39, 0.29) is 76.6 Å². The first-order valence-electron chi connectivity index (χ1n) is 20.4. The maximum Gasteiger partial charge on any atom is 1.00 e. The Morgan fingerprint density at radius 2 is 1.21 bits per heavy atom. The fourth-order valence-corrected chi connectivity index (χ4v) is 15.2. The van der Waals surface area contributed by atoms with Crippen LogP contribution in [0.4, 0.5) is 0 Å². The van der Waals surface area contributed by atoms with Crippen LogP contribution in [0.3, 0.4) is 0 Å². The number of Topliss-reactive ketones (excluding diaryl/α,β-unsaturated/α-hetero) is 2. The van der Waals surface area contributed by atoms with Crippen molar-refractivity contribution < 1.29 is 49.4 Å². The minimum absolute atomic E-state index is 0. The summed E-state index contributed by atoms with van der Waals surface area (Å²) in [5, 5.41) is 36.8. The van der Waals surface area contributed by atoms with Gasteiger partial charge in [-0.05, 0) is 206 Å². The number of carbonyl (C=O) groups excluding carboxylic acids is 2. The number of aliphatic hydroxyl groups is 2. The van der Waals surface area contributed by atoms with E-state index in [1.165, 1.54) is 57.8 Å². The number of halogens is 1. The number of fused-ring (bicyclic) bond motifs is 10. The second kappa shape index (κ2) is 17.4. The van der Waals surface area contributed by atoms with Gasteiger partial charge in [-0.15, -0.1) is 12.4 Å². The van der Waals surface area contributed by atoms with Gasteiger partial charge in [-0.1, -0.05) is 19.9 Å². The van der Waals surface area contributed by atoms with Gasteiger partial charge in [-0.2, -0.15) is 5.26 Å². The summed E-state index contributed by atoms with van der Waals surface area (Å²) in [4.78, 5) is 24.4. The summed E-state index contributed by atoms with van der Waals surface area (Å²) in [7, 11) is 0. The molecule has 0 spiro atoms. The van der Waals surface area contributed by atoms with Crippen molar-refractivity contribution in [3.63, 3.8) is 0 Å². The van der Waals surface area contributed by atoms with Gasteiger partial charge in [0.2, 0.25) is 0 Å². The molecule has 0 saturated heterocycles. The Balaban J connectivity index is 0.000000259. The van der Waals surface area contributed by atoms with Gasteiger partial charge in [0.25, 0.3) is 0 Å². The molecule has 16 atom stereocenters. The van der Waals surface area contributed by atoms with E-state index in [0.29, 0.717) is 29.5 Å². The largest absolute Gasteiger partial charge is 1.00 e. The molecule has 0 aliphatic heterocycles. The average Bonchev–Trinajstić information content (AvgIpc) is 3.58. The molecule has 8 aliphatic carbocycles. The molecule has 53 heavy (non-hydrogen) atoms. The molecule has 5 N–H and O–H groups in total. The van der Waals surface area contributed by atoms with Gasteiger partial charge in [-0.25, -0.2) is 0 Å². The van der Waals surface area contributed by atoms with Gasteiger partial charge in [-0.3, -0.25) is 9.59 Å². The molecule has 0 aromatic rings. The first kappa shape index (κ1) is 46.6. The van der Waals surface area contributed by atoms with Crippen LogP contribution in [-0.2, 0) is 9.59 Å². The number of nitrogens with zero attached hydrogens (tertiary/aromatic N) is 2. The maximum absolute atomic E-state index is 12.4. The third kappa shape index (κ3) is 8.31. The fourth-order valence-electron chi connectivity index (χ4n) is 15.2. The van der Waals surface area contributed by atoms with Crippen LogP contribution in [0.25, 0.3) is 0 Å². The predicted molar refractivity (Wildman–Crippen MR) is 206 cm³/mol. The van der Waals surface area contributed by atoms with Crippen LogP contribution in [0.15, 0.2) is 11.6 Å². The Bertz CT molecular complexity index is 1420. The van der Waals surface area contributed by atoms with Gasteiger partial charge in [0.1, 0.15) is 5.78 Å². The van der Waals surface area contributed by atoms with Gasteiger partial charge in [0, 0.05) is 5.92 Å². The molecule has 9 heteroatoms. The summed E-state index contributed by atoms with van der Waals surface area (Å²) < 4.78 is 0.